The normalized spacial score (nSPS) is 11.1. The van der Waals surface area contributed by atoms with Crippen LogP contribution in [0.3, 0.4) is 0 Å². The molecule has 0 spiro atoms. The third-order valence-electron chi connectivity index (χ3n) is 5.23. The minimum atomic E-state index is -0.372. The third kappa shape index (κ3) is 4.17. The Bertz CT molecular complexity index is 1240. The smallest absolute Gasteiger partial charge is 0.280 e. The molecular formula is C24H26N4O3. The van der Waals surface area contributed by atoms with Crippen LogP contribution >= 0.6 is 0 Å². The summed E-state index contributed by atoms with van der Waals surface area (Å²) in [6, 6.07) is 13.8. The summed E-state index contributed by atoms with van der Waals surface area (Å²) in [5.74, 6) is 1.44. The SMILES string of the molecule is CCCn1c(NC(=O)c2noc(C)c2COc2ccc(C)cc2C)nc2ccccc21. The number of benzene rings is 2. The number of hydrogen-bond acceptors (Lipinski definition) is 5. The van der Waals surface area contributed by atoms with Gasteiger partial charge in [-0.25, -0.2) is 4.98 Å². The monoisotopic (exact) mass is 418 g/mol. The number of nitrogens with one attached hydrogen (secondary N) is 1. The first-order valence-electron chi connectivity index (χ1n) is 10.4. The number of imidazole rings is 1. The van der Waals surface area contributed by atoms with Gasteiger partial charge in [0.15, 0.2) is 5.69 Å². The average Bonchev–Trinajstić information content (AvgIpc) is 3.28. The molecule has 2 heterocycles. The van der Waals surface area contributed by atoms with Crippen molar-refractivity contribution in [1.29, 1.82) is 0 Å². The lowest BCUT2D eigenvalue weighted by atomic mass is 10.1. The van der Waals surface area contributed by atoms with Crippen molar-refractivity contribution in [2.45, 2.75) is 47.3 Å². The van der Waals surface area contributed by atoms with Crippen molar-refractivity contribution in [2.24, 2.45) is 0 Å². The topological polar surface area (TPSA) is 82.2 Å². The minimum absolute atomic E-state index is 0.188. The lowest BCUT2D eigenvalue weighted by Crippen LogP contribution is -2.18. The van der Waals surface area contributed by atoms with Crippen molar-refractivity contribution >= 4 is 22.9 Å². The van der Waals surface area contributed by atoms with Crippen LogP contribution in [0.15, 0.2) is 47.0 Å². The highest BCUT2D eigenvalue weighted by Crippen LogP contribution is 2.24. The van der Waals surface area contributed by atoms with Crippen LogP contribution < -0.4 is 10.1 Å². The summed E-state index contributed by atoms with van der Waals surface area (Å²) in [6.45, 7) is 8.83. The van der Waals surface area contributed by atoms with Crippen molar-refractivity contribution in [2.75, 3.05) is 5.32 Å². The van der Waals surface area contributed by atoms with Gasteiger partial charge in [0.25, 0.3) is 5.91 Å². The van der Waals surface area contributed by atoms with E-state index >= 15 is 0 Å². The van der Waals surface area contributed by atoms with Gasteiger partial charge in [-0.1, -0.05) is 41.9 Å². The highest BCUT2D eigenvalue weighted by Gasteiger charge is 2.23. The van der Waals surface area contributed by atoms with Gasteiger partial charge >= 0.3 is 0 Å². The van der Waals surface area contributed by atoms with Crippen LogP contribution in [0, 0.1) is 20.8 Å². The number of fused-ring (bicyclic) bond motifs is 1. The summed E-state index contributed by atoms with van der Waals surface area (Å²) in [5, 5.41) is 6.89. The minimum Gasteiger partial charge on any atom is -0.488 e. The molecule has 0 aliphatic rings. The van der Waals surface area contributed by atoms with Crippen LogP contribution in [0.5, 0.6) is 5.75 Å². The van der Waals surface area contributed by atoms with Crippen LogP contribution in [0.25, 0.3) is 11.0 Å². The molecule has 7 heteroatoms. The Morgan fingerprint density at radius 1 is 1.16 bits per heavy atom. The number of carbonyl (C=O) groups is 1. The van der Waals surface area contributed by atoms with E-state index in [2.05, 4.69) is 28.4 Å². The molecule has 4 aromatic rings. The van der Waals surface area contributed by atoms with Gasteiger partial charge in [-0.15, -0.1) is 0 Å². The van der Waals surface area contributed by atoms with Gasteiger partial charge < -0.3 is 13.8 Å². The second kappa shape index (κ2) is 8.63. The standard InChI is InChI=1S/C24H26N4O3/c1-5-12-28-20-9-7-6-8-19(20)25-24(28)26-23(29)22-18(17(4)31-27-22)14-30-21-11-10-15(2)13-16(21)3/h6-11,13H,5,12,14H2,1-4H3,(H,25,26,29). The number of para-hydroxylation sites is 2. The van der Waals surface area contributed by atoms with Crippen molar-refractivity contribution in [3.8, 4) is 5.75 Å². The maximum Gasteiger partial charge on any atom is 0.280 e. The first kappa shape index (κ1) is 20.7. The van der Waals surface area contributed by atoms with E-state index in [0.717, 1.165) is 35.3 Å². The fourth-order valence-electron chi connectivity index (χ4n) is 3.63. The fraction of sp³-hybridized carbons (Fsp3) is 0.292. The summed E-state index contributed by atoms with van der Waals surface area (Å²) in [5.41, 5.74) is 4.85. The Labute approximate surface area is 181 Å². The van der Waals surface area contributed by atoms with E-state index in [1.54, 1.807) is 6.92 Å². The molecule has 0 aliphatic heterocycles. The Morgan fingerprint density at radius 3 is 2.74 bits per heavy atom. The molecule has 0 unspecified atom stereocenters. The highest BCUT2D eigenvalue weighted by atomic mass is 16.5. The zero-order chi connectivity index (χ0) is 22.0. The van der Waals surface area contributed by atoms with Crippen LogP contribution in [-0.4, -0.2) is 20.6 Å². The maximum atomic E-state index is 13.1. The van der Waals surface area contributed by atoms with Crippen LogP contribution in [-0.2, 0) is 13.2 Å². The van der Waals surface area contributed by atoms with E-state index in [4.69, 9.17) is 9.26 Å². The van der Waals surface area contributed by atoms with Crippen LogP contribution in [0.2, 0.25) is 0 Å². The van der Waals surface area contributed by atoms with Crippen LogP contribution in [0.4, 0.5) is 5.95 Å². The molecule has 2 aromatic carbocycles. The fourth-order valence-corrected chi connectivity index (χ4v) is 3.63. The van der Waals surface area contributed by atoms with E-state index in [1.165, 1.54) is 5.56 Å². The first-order valence-corrected chi connectivity index (χ1v) is 10.4. The highest BCUT2D eigenvalue weighted by molar-refractivity contribution is 6.03. The number of anilines is 1. The first-order chi connectivity index (χ1) is 15.0. The van der Waals surface area contributed by atoms with Gasteiger partial charge in [0.2, 0.25) is 5.95 Å². The number of amides is 1. The summed E-state index contributed by atoms with van der Waals surface area (Å²) >= 11 is 0. The Balaban J connectivity index is 1.58. The van der Waals surface area contributed by atoms with Crippen molar-refractivity contribution in [1.82, 2.24) is 14.7 Å². The molecule has 0 radical (unpaired) electrons. The summed E-state index contributed by atoms with van der Waals surface area (Å²) in [6.07, 6.45) is 0.918. The molecular weight excluding hydrogens is 392 g/mol. The van der Waals surface area contributed by atoms with Gasteiger partial charge in [0, 0.05) is 6.54 Å². The molecule has 2 aromatic heterocycles. The Hall–Kier alpha value is -3.61. The predicted octanol–water partition coefficient (Wildman–Crippen LogP) is 5.19. The molecule has 1 N–H and O–H groups in total. The number of aromatic nitrogens is 3. The number of hydrogen-bond donors (Lipinski definition) is 1. The lowest BCUT2D eigenvalue weighted by Gasteiger charge is -2.11. The molecule has 0 saturated heterocycles. The van der Waals surface area contributed by atoms with Gasteiger partial charge in [-0.3, -0.25) is 10.1 Å². The molecule has 4 rings (SSSR count). The summed E-state index contributed by atoms with van der Waals surface area (Å²) in [4.78, 5) is 17.6. The van der Waals surface area contributed by atoms with Gasteiger partial charge in [0.1, 0.15) is 18.1 Å². The molecule has 0 fully saturated rings. The molecule has 0 bridgehead atoms. The lowest BCUT2D eigenvalue weighted by molar-refractivity contribution is 0.101. The molecule has 160 valence electrons. The number of rotatable bonds is 7. The Kier molecular flexibility index (Phi) is 5.75. The molecule has 0 atom stereocenters. The molecule has 7 nitrogen and oxygen atoms in total. The van der Waals surface area contributed by atoms with Crippen LogP contribution in [0.1, 0.15) is 46.3 Å². The van der Waals surface area contributed by atoms with Gasteiger partial charge in [0.05, 0.1) is 16.6 Å². The summed E-state index contributed by atoms with van der Waals surface area (Å²) < 4.78 is 13.3. The van der Waals surface area contributed by atoms with E-state index in [1.807, 2.05) is 54.8 Å². The zero-order valence-electron chi connectivity index (χ0n) is 18.2. The van der Waals surface area contributed by atoms with E-state index in [0.29, 0.717) is 17.3 Å². The zero-order valence-corrected chi connectivity index (χ0v) is 18.2. The third-order valence-corrected chi connectivity index (χ3v) is 5.23. The predicted molar refractivity (Wildman–Crippen MR) is 119 cm³/mol. The van der Waals surface area contributed by atoms with Gasteiger partial charge in [-0.2, -0.15) is 0 Å². The van der Waals surface area contributed by atoms with E-state index in [9.17, 15) is 4.79 Å². The molecule has 0 saturated carbocycles. The quantitative estimate of drug-likeness (QED) is 0.447. The second-order valence-electron chi connectivity index (χ2n) is 7.65. The van der Waals surface area contributed by atoms with Crippen molar-refractivity contribution < 1.29 is 14.1 Å². The molecule has 0 aliphatic carbocycles. The average molecular weight is 418 g/mol. The molecule has 1 amide bonds. The number of aryl methyl sites for hydroxylation is 4. The summed E-state index contributed by atoms with van der Waals surface area (Å²) in [7, 11) is 0. The Morgan fingerprint density at radius 2 is 1.97 bits per heavy atom. The second-order valence-corrected chi connectivity index (χ2v) is 7.65. The van der Waals surface area contributed by atoms with E-state index < -0.39 is 0 Å². The largest absolute Gasteiger partial charge is 0.488 e. The van der Waals surface area contributed by atoms with Crippen molar-refractivity contribution in [3.05, 3.63) is 70.6 Å². The number of nitrogens with zero attached hydrogens (tertiary/aromatic N) is 3. The number of ether oxygens (including phenoxy) is 1. The molecule has 31 heavy (non-hydrogen) atoms. The van der Waals surface area contributed by atoms with Gasteiger partial charge in [-0.05, 0) is 51.0 Å². The number of carbonyl (C=O) groups excluding carboxylic acids is 1. The van der Waals surface area contributed by atoms with Crippen molar-refractivity contribution in [3.63, 3.8) is 0 Å². The van der Waals surface area contributed by atoms with E-state index in [-0.39, 0.29) is 18.2 Å². The maximum absolute atomic E-state index is 13.1.